The normalized spacial score (nSPS) is 16.9. The minimum absolute atomic E-state index is 0.0360. The maximum atomic E-state index is 13.0. The van der Waals surface area contributed by atoms with E-state index in [0.29, 0.717) is 11.8 Å². The number of ketones is 1. The summed E-state index contributed by atoms with van der Waals surface area (Å²) < 4.78 is 0. The number of imide groups is 1. The molecule has 0 spiro atoms. The van der Waals surface area contributed by atoms with Gasteiger partial charge in [-0.1, -0.05) is 12.1 Å². The van der Waals surface area contributed by atoms with Crippen molar-refractivity contribution in [3.63, 3.8) is 0 Å². The van der Waals surface area contributed by atoms with E-state index in [2.05, 4.69) is 0 Å². The fourth-order valence-corrected chi connectivity index (χ4v) is 3.50. The van der Waals surface area contributed by atoms with Gasteiger partial charge in [0.15, 0.2) is 5.78 Å². The van der Waals surface area contributed by atoms with Crippen molar-refractivity contribution in [1.82, 2.24) is 9.80 Å². The number of Topliss-reactive ketones (excluding diaryl/α,β-unsaturated/α-hetero) is 1. The van der Waals surface area contributed by atoms with Crippen LogP contribution in [0.5, 0.6) is 0 Å². The van der Waals surface area contributed by atoms with Crippen molar-refractivity contribution in [3.05, 3.63) is 34.9 Å². The van der Waals surface area contributed by atoms with E-state index in [0.717, 1.165) is 17.7 Å². The highest BCUT2D eigenvalue weighted by molar-refractivity contribution is 6.23. The molecule has 0 aromatic heterocycles. The molecular weight excluding hydrogens is 348 g/mol. The van der Waals surface area contributed by atoms with Gasteiger partial charge in [-0.25, -0.2) is 0 Å². The van der Waals surface area contributed by atoms with E-state index >= 15 is 0 Å². The van der Waals surface area contributed by atoms with Crippen LogP contribution in [0.4, 0.5) is 0 Å². The van der Waals surface area contributed by atoms with Crippen LogP contribution < -0.4 is 0 Å². The van der Waals surface area contributed by atoms with Crippen molar-refractivity contribution in [2.45, 2.75) is 45.2 Å². The Morgan fingerprint density at radius 3 is 2.56 bits per heavy atom. The first-order valence-electron chi connectivity index (χ1n) is 9.05. The van der Waals surface area contributed by atoms with Gasteiger partial charge in [0.2, 0.25) is 5.91 Å². The lowest BCUT2D eigenvalue weighted by molar-refractivity contribution is -0.131. The average Bonchev–Trinajstić information content (AvgIpc) is 3.44. The third-order valence-corrected chi connectivity index (χ3v) is 5.08. The third-order valence-electron chi connectivity index (χ3n) is 5.08. The van der Waals surface area contributed by atoms with E-state index in [1.807, 2.05) is 0 Å². The molecule has 1 heterocycles. The van der Waals surface area contributed by atoms with Gasteiger partial charge >= 0.3 is 0 Å². The lowest BCUT2D eigenvalue weighted by atomic mass is 10.0. The van der Waals surface area contributed by atoms with E-state index in [1.165, 1.54) is 6.92 Å². The monoisotopic (exact) mass is 370 g/mol. The van der Waals surface area contributed by atoms with Gasteiger partial charge in [0.1, 0.15) is 6.29 Å². The summed E-state index contributed by atoms with van der Waals surface area (Å²) in [5.74, 6) is -1.31. The second-order valence-corrected chi connectivity index (χ2v) is 7.16. The third kappa shape index (κ3) is 3.54. The molecule has 1 saturated carbocycles. The first kappa shape index (κ1) is 18.9. The highest BCUT2D eigenvalue weighted by Crippen LogP contribution is 2.33. The molecule has 7 nitrogen and oxygen atoms in total. The number of nitrogens with zero attached hydrogens (tertiary/aromatic N) is 2. The smallest absolute Gasteiger partial charge is 0.262 e. The summed E-state index contributed by atoms with van der Waals surface area (Å²) in [4.78, 5) is 63.2. The Bertz CT molecular complexity index is 828. The summed E-state index contributed by atoms with van der Waals surface area (Å²) >= 11 is 0. The van der Waals surface area contributed by atoms with Crippen LogP contribution in [0.3, 0.4) is 0 Å². The van der Waals surface area contributed by atoms with Gasteiger partial charge in [0.25, 0.3) is 11.8 Å². The van der Waals surface area contributed by atoms with Crippen LogP contribution in [0.2, 0.25) is 0 Å². The summed E-state index contributed by atoms with van der Waals surface area (Å²) in [6, 6.07) is 3.99. The molecule has 1 aromatic carbocycles. The summed E-state index contributed by atoms with van der Waals surface area (Å²) in [5.41, 5.74) is 1.07. The SMILES string of the molecule is CC(=O)C(CCC=O)N1C(=O)c2cccc(CN(C)C(=O)C3CC3)c2C1=O. The Labute approximate surface area is 157 Å². The summed E-state index contributed by atoms with van der Waals surface area (Å²) in [7, 11) is 1.68. The van der Waals surface area contributed by atoms with E-state index in [9.17, 15) is 24.0 Å². The second-order valence-electron chi connectivity index (χ2n) is 7.16. The maximum absolute atomic E-state index is 13.0. The molecule has 0 radical (unpaired) electrons. The van der Waals surface area contributed by atoms with Crippen molar-refractivity contribution < 1.29 is 24.0 Å². The number of fused-ring (bicyclic) bond motifs is 1. The lowest BCUT2D eigenvalue weighted by Gasteiger charge is -2.23. The van der Waals surface area contributed by atoms with Crippen LogP contribution in [0.15, 0.2) is 18.2 Å². The number of amides is 3. The number of hydrogen-bond donors (Lipinski definition) is 0. The van der Waals surface area contributed by atoms with Crippen molar-refractivity contribution in [3.8, 4) is 0 Å². The van der Waals surface area contributed by atoms with Gasteiger partial charge in [-0.2, -0.15) is 0 Å². The van der Waals surface area contributed by atoms with Gasteiger partial charge in [-0.3, -0.25) is 24.1 Å². The molecule has 7 heteroatoms. The largest absolute Gasteiger partial charge is 0.341 e. The lowest BCUT2D eigenvalue weighted by Crippen LogP contribution is -2.44. The highest BCUT2D eigenvalue weighted by atomic mass is 16.2. The number of carbonyl (C=O) groups is 5. The molecule has 27 heavy (non-hydrogen) atoms. The highest BCUT2D eigenvalue weighted by Gasteiger charge is 2.43. The molecule has 1 fully saturated rings. The number of hydrogen-bond acceptors (Lipinski definition) is 5. The zero-order chi connectivity index (χ0) is 19.7. The molecular formula is C20H22N2O5. The molecule has 1 unspecified atom stereocenters. The first-order chi connectivity index (χ1) is 12.9. The predicted octanol–water partition coefficient (Wildman–Crippen LogP) is 1.59. The fraction of sp³-hybridized carbons (Fsp3) is 0.450. The van der Waals surface area contributed by atoms with Crippen LogP contribution in [-0.2, 0) is 20.9 Å². The van der Waals surface area contributed by atoms with Crippen LogP contribution in [0.25, 0.3) is 0 Å². The van der Waals surface area contributed by atoms with Crippen molar-refractivity contribution in [1.29, 1.82) is 0 Å². The zero-order valence-corrected chi connectivity index (χ0v) is 15.4. The Kier molecular flexibility index (Phi) is 5.21. The average molecular weight is 370 g/mol. The molecule has 3 rings (SSSR count). The quantitative estimate of drug-likeness (QED) is 0.512. The van der Waals surface area contributed by atoms with Crippen LogP contribution in [0, 0.1) is 5.92 Å². The van der Waals surface area contributed by atoms with Crippen LogP contribution >= 0.6 is 0 Å². The fourth-order valence-electron chi connectivity index (χ4n) is 3.50. The summed E-state index contributed by atoms with van der Waals surface area (Å²) in [6.07, 6.45) is 2.64. The molecule has 1 aliphatic heterocycles. The van der Waals surface area contributed by atoms with Gasteiger partial charge in [0, 0.05) is 25.9 Å². The van der Waals surface area contributed by atoms with E-state index in [4.69, 9.17) is 0 Å². The minimum Gasteiger partial charge on any atom is -0.341 e. The van der Waals surface area contributed by atoms with E-state index < -0.39 is 17.9 Å². The molecule has 1 atom stereocenters. The minimum atomic E-state index is -0.957. The van der Waals surface area contributed by atoms with Crippen LogP contribution in [0.1, 0.15) is 58.9 Å². The van der Waals surface area contributed by atoms with E-state index in [-0.39, 0.29) is 48.1 Å². The number of aldehydes is 1. The first-order valence-corrected chi connectivity index (χ1v) is 9.05. The van der Waals surface area contributed by atoms with Gasteiger partial charge in [-0.05, 0) is 37.8 Å². The molecule has 2 aliphatic rings. The Morgan fingerprint density at radius 2 is 1.96 bits per heavy atom. The number of benzene rings is 1. The zero-order valence-electron chi connectivity index (χ0n) is 15.4. The predicted molar refractivity (Wildman–Crippen MR) is 95.9 cm³/mol. The molecule has 1 aliphatic carbocycles. The molecule has 0 bridgehead atoms. The molecule has 0 N–H and O–H groups in total. The summed E-state index contributed by atoms with van der Waals surface area (Å²) in [6.45, 7) is 1.53. The standard InChI is InChI=1S/C20H22N2O5/c1-12(24)16(7-4-10-23)22-19(26)15-6-3-5-14(17(15)20(22)27)11-21(2)18(25)13-8-9-13/h3,5-6,10,13,16H,4,7-9,11H2,1-2H3. The van der Waals surface area contributed by atoms with Crippen LogP contribution in [-0.4, -0.2) is 52.7 Å². The van der Waals surface area contributed by atoms with Gasteiger partial charge in [-0.15, -0.1) is 0 Å². The van der Waals surface area contributed by atoms with Gasteiger partial charge in [0.05, 0.1) is 17.2 Å². The Balaban J connectivity index is 1.90. The van der Waals surface area contributed by atoms with E-state index in [1.54, 1.807) is 30.1 Å². The number of carbonyl (C=O) groups excluding carboxylic acids is 5. The maximum Gasteiger partial charge on any atom is 0.262 e. The van der Waals surface area contributed by atoms with Crippen molar-refractivity contribution in [2.24, 2.45) is 5.92 Å². The number of rotatable bonds is 8. The topological polar surface area (TPSA) is 91.8 Å². The van der Waals surface area contributed by atoms with Crippen molar-refractivity contribution in [2.75, 3.05) is 7.05 Å². The second kappa shape index (κ2) is 7.42. The molecule has 142 valence electrons. The Hall–Kier alpha value is -2.83. The Morgan fingerprint density at radius 1 is 1.26 bits per heavy atom. The molecule has 1 aromatic rings. The molecule has 3 amide bonds. The molecule has 0 saturated heterocycles. The van der Waals surface area contributed by atoms with Gasteiger partial charge < -0.3 is 9.69 Å². The van der Waals surface area contributed by atoms with Crippen molar-refractivity contribution >= 4 is 29.8 Å². The summed E-state index contributed by atoms with van der Waals surface area (Å²) in [5, 5.41) is 0.